The highest BCUT2D eigenvalue weighted by Gasteiger charge is 2.10. The van der Waals surface area contributed by atoms with Crippen LogP contribution in [-0.2, 0) is 6.54 Å². The summed E-state index contributed by atoms with van der Waals surface area (Å²) >= 11 is 0. The van der Waals surface area contributed by atoms with Gasteiger partial charge in [0.25, 0.3) is 0 Å². The number of nitrogens with one attached hydrogen (secondary N) is 1. The van der Waals surface area contributed by atoms with Crippen LogP contribution in [-0.4, -0.2) is 11.1 Å². The Bertz CT molecular complexity index is 563. The van der Waals surface area contributed by atoms with Gasteiger partial charge in [-0.15, -0.1) is 0 Å². The lowest BCUT2D eigenvalue weighted by Gasteiger charge is -2.14. The zero-order valence-corrected chi connectivity index (χ0v) is 11.9. The van der Waals surface area contributed by atoms with Crippen LogP contribution in [0.15, 0.2) is 36.7 Å². The Morgan fingerprint density at radius 2 is 2.00 bits per heavy atom. The van der Waals surface area contributed by atoms with Gasteiger partial charge in [0.2, 0.25) is 0 Å². The molecule has 0 bridgehead atoms. The monoisotopic (exact) mass is 278 g/mol. The molecule has 108 valence electrons. The van der Waals surface area contributed by atoms with Gasteiger partial charge in [-0.25, -0.2) is 8.78 Å². The van der Waals surface area contributed by atoms with E-state index in [1.165, 1.54) is 17.7 Å². The maximum atomic E-state index is 13.6. The Kier molecular flexibility index (Phi) is 4.90. The van der Waals surface area contributed by atoms with E-state index in [0.29, 0.717) is 18.2 Å². The molecule has 2 nitrogen and oxygen atoms in total. The van der Waals surface area contributed by atoms with Crippen molar-refractivity contribution < 1.29 is 8.78 Å². The smallest absolute Gasteiger partial charge is 0.131 e. The van der Waals surface area contributed by atoms with Gasteiger partial charge in [-0.1, -0.05) is 19.9 Å². The SMILES string of the molecule is CCNC(CC)c1ccn(Cc2ccc(F)cc2F)c1. The maximum absolute atomic E-state index is 13.6. The minimum atomic E-state index is -0.544. The quantitative estimate of drug-likeness (QED) is 0.848. The first-order chi connectivity index (χ1) is 9.63. The summed E-state index contributed by atoms with van der Waals surface area (Å²) < 4.78 is 28.4. The summed E-state index contributed by atoms with van der Waals surface area (Å²) in [4.78, 5) is 0. The van der Waals surface area contributed by atoms with Gasteiger partial charge in [-0.3, -0.25) is 0 Å². The highest BCUT2D eigenvalue weighted by Crippen LogP contribution is 2.18. The molecule has 0 amide bonds. The Labute approximate surface area is 118 Å². The molecule has 2 aromatic rings. The fourth-order valence-corrected chi connectivity index (χ4v) is 2.35. The number of hydrogen-bond acceptors (Lipinski definition) is 1. The van der Waals surface area contributed by atoms with Crippen molar-refractivity contribution in [3.63, 3.8) is 0 Å². The molecular formula is C16H20F2N2. The molecule has 1 unspecified atom stereocenters. The molecule has 1 aromatic heterocycles. The average Bonchev–Trinajstić information content (AvgIpc) is 2.87. The second-order valence-corrected chi connectivity index (χ2v) is 4.87. The molecule has 0 aliphatic rings. The molecule has 1 atom stereocenters. The Balaban J connectivity index is 2.12. The van der Waals surface area contributed by atoms with Crippen LogP contribution in [0.3, 0.4) is 0 Å². The lowest BCUT2D eigenvalue weighted by Crippen LogP contribution is -2.19. The van der Waals surface area contributed by atoms with Gasteiger partial charge in [0.15, 0.2) is 0 Å². The fourth-order valence-electron chi connectivity index (χ4n) is 2.35. The number of rotatable bonds is 6. The van der Waals surface area contributed by atoms with Crippen LogP contribution in [0.5, 0.6) is 0 Å². The van der Waals surface area contributed by atoms with Crippen molar-refractivity contribution in [2.45, 2.75) is 32.9 Å². The molecule has 1 N–H and O–H groups in total. The molecule has 0 saturated heterocycles. The van der Waals surface area contributed by atoms with Crippen LogP contribution in [0.2, 0.25) is 0 Å². The molecule has 0 aliphatic heterocycles. The van der Waals surface area contributed by atoms with Crippen LogP contribution in [0.25, 0.3) is 0 Å². The van der Waals surface area contributed by atoms with Gasteiger partial charge in [0.05, 0.1) is 0 Å². The molecule has 20 heavy (non-hydrogen) atoms. The standard InChI is InChI=1S/C16H20F2N2/c1-3-16(19-4-2)13-7-8-20(11-13)10-12-5-6-14(17)9-15(12)18/h5-9,11,16,19H,3-4,10H2,1-2H3. The van der Waals surface area contributed by atoms with E-state index in [2.05, 4.69) is 19.2 Å². The Morgan fingerprint density at radius 1 is 1.20 bits per heavy atom. The minimum Gasteiger partial charge on any atom is -0.349 e. The zero-order valence-electron chi connectivity index (χ0n) is 11.9. The molecule has 0 saturated carbocycles. The first-order valence-corrected chi connectivity index (χ1v) is 6.97. The summed E-state index contributed by atoms with van der Waals surface area (Å²) in [5.74, 6) is -1.04. The summed E-state index contributed by atoms with van der Waals surface area (Å²) in [6, 6.07) is 6.06. The first-order valence-electron chi connectivity index (χ1n) is 6.97. The number of hydrogen-bond donors (Lipinski definition) is 1. The van der Waals surface area contributed by atoms with E-state index in [4.69, 9.17) is 0 Å². The van der Waals surface area contributed by atoms with Crippen molar-refractivity contribution in [3.8, 4) is 0 Å². The van der Waals surface area contributed by atoms with E-state index < -0.39 is 11.6 Å². The third-order valence-electron chi connectivity index (χ3n) is 3.40. The zero-order chi connectivity index (χ0) is 14.5. The molecule has 2 rings (SSSR count). The van der Waals surface area contributed by atoms with Gasteiger partial charge >= 0.3 is 0 Å². The number of benzene rings is 1. The topological polar surface area (TPSA) is 17.0 Å². The van der Waals surface area contributed by atoms with Crippen molar-refractivity contribution in [1.29, 1.82) is 0 Å². The van der Waals surface area contributed by atoms with Gasteiger partial charge < -0.3 is 9.88 Å². The van der Waals surface area contributed by atoms with Gasteiger partial charge in [-0.05, 0) is 30.7 Å². The molecule has 4 heteroatoms. The molecule has 0 radical (unpaired) electrons. The number of nitrogens with zero attached hydrogens (tertiary/aromatic N) is 1. The van der Waals surface area contributed by atoms with E-state index in [9.17, 15) is 8.78 Å². The van der Waals surface area contributed by atoms with Crippen molar-refractivity contribution >= 4 is 0 Å². The van der Waals surface area contributed by atoms with E-state index in [1.54, 1.807) is 0 Å². The minimum absolute atomic E-state index is 0.319. The van der Waals surface area contributed by atoms with Crippen molar-refractivity contribution in [2.24, 2.45) is 0 Å². The van der Waals surface area contributed by atoms with Gasteiger partial charge in [0, 0.05) is 36.6 Å². The second kappa shape index (κ2) is 6.66. The summed E-state index contributed by atoms with van der Waals surface area (Å²) in [5, 5.41) is 3.41. The first kappa shape index (κ1) is 14.7. The van der Waals surface area contributed by atoms with Crippen LogP contribution >= 0.6 is 0 Å². The third-order valence-corrected chi connectivity index (χ3v) is 3.40. The summed E-state index contributed by atoms with van der Waals surface area (Å²) in [6.07, 6.45) is 4.94. The second-order valence-electron chi connectivity index (χ2n) is 4.87. The Morgan fingerprint density at radius 3 is 2.65 bits per heavy atom. The lowest BCUT2D eigenvalue weighted by atomic mass is 10.1. The highest BCUT2D eigenvalue weighted by molar-refractivity contribution is 5.21. The van der Waals surface area contributed by atoms with Crippen LogP contribution < -0.4 is 5.32 Å². The van der Waals surface area contributed by atoms with E-state index in [0.717, 1.165) is 19.0 Å². The van der Waals surface area contributed by atoms with Crippen molar-refractivity contribution in [2.75, 3.05) is 6.54 Å². The largest absolute Gasteiger partial charge is 0.349 e. The average molecular weight is 278 g/mol. The lowest BCUT2D eigenvalue weighted by molar-refractivity contribution is 0.535. The third kappa shape index (κ3) is 3.45. The molecule has 0 fully saturated rings. The predicted octanol–water partition coefficient (Wildman–Crippen LogP) is 3.88. The maximum Gasteiger partial charge on any atom is 0.131 e. The fraction of sp³-hybridized carbons (Fsp3) is 0.375. The van der Waals surface area contributed by atoms with E-state index in [1.807, 2.05) is 23.0 Å². The predicted molar refractivity (Wildman–Crippen MR) is 76.6 cm³/mol. The number of halogens is 2. The number of aromatic nitrogens is 1. The molecule has 1 heterocycles. The van der Waals surface area contributed by atoms with Crippen LogP contribution in [0.1, 0.15) is 37.4 Å². The van der Waals surface area contributed by atoms with Crippen LogP contribution in [0, 0.1) is 11.6 Å². The van der Waals surface area contributed by atoms with E-state index in [-0.39, 0.29) is 0 Å². The molecule has 0 spiro atoms. The molecule has 0 aliphatic carbocycles. The van der Waals surface area contributed by atoms with Crippen molar-refractivity contribution in [1.82, 2.24) is 9.88 Å². The molecule has 1 aromatic carbocycles. The van der Waals surface area contributed by atoms with Gasteiger partial charge in [-0.2, -0.15) is 0 Å². The highest BCUT2D eigenvalue weighted by atomic mass is 19.1. The summed E-state index contributed by atoms with van der Waals surface area (Å²) in [7, 11) is 0. The Hall–Kier alpha value is -1.68. The van der Waals surface area contributed by atoms with Crippen molar-refractivity contribution in [3.05, 3.63) is 59.4 Å². The van der Waals surface area contributed by atoms with Crippen LogP contribution in [0.4, 0.5) is 8.78 Å². The molecular weight excluding hydrogens is 258 g/mol. The summed E-state index contributed by atoms with van der Waals surface area (Å²) in [5.41, 5.74) is 1.68. The summed E-state index contributed by atoms with van der Waals surface area (Å²) in [6.45, 7) is 5.53. The van der Waals surface area contributed by atoms with E-state index >= 15 is 0 Å². The normalized spacial score (nSPS) is 12.6. The van der Waals surface area contributed by atoms with Gasteiger partial charge in [0.1, 0.15) is 11.6 Å².